The Morgan fingerprint density at radius 2 is 2.14 bits per heavy atom. The van der Waals surface area contributed by atoms with Crippen molar-refractivity contribution in [3.63, 3.8) is 0 Å². The topological polar surface area (TPSA) is 52.9 Å². The van der Waals surface area contributed by atoms with Crippen LogP contribution in [0.3, 0.4) is 0 Å². The number of hydrogen-bond acceptors (Lipinski definition) is 3. The van der Waals surface area contributed by atoms with E-state index in [1.54, 1.807) is 11.8 Å². The van der Waals surface area contributed by atoms with Gasteiger partial charge in [-0.3, -0.25) is 4.79 Å². The second-order valence-corrected chi connectivity index (χ2v) is 7.86. The van der Waals surface area contributed by atoms with Crippen molar-refractivity contribution in [3.8, 4) is 6.07 Å². The minimum Gasteiger partial charge on any atom is -0.337 e. The number of nitriles is 1. The van der Waals surface area contributed by atoms with Gasteiger partial charge in [-0.05, 0) is 41.6 Å². The molecule has 1 aromatic rings. The fourth-order valence-electron chi connectivity index (χ4n) is 3.09. The second-order valence-electron chi connectivity index (χ2n) is 6.76. The maximum Gasteiger partial charge on any atom is 0.225 e. The summed E-state index contributed by atoms with van der Waals surface area (Å²) in [6, 6.07) is 10.9. The normalized spacial score (nSPS) is 30.1. The van der Waals surface area contributed by atoms with Crippen LogP contribution in [-0.2, 0) is 4.79 Å². The predicted octanol–water partition coefficient (Wildman–Crippen LogP) is 3.43. The summed E-state index contributed by atoms with van der Waals surface area (Å²) in [5.74, 6) is 2.63. The van der Waals surface area contributed by atoms with E-state index in [-0.39, 0.29) is 11.8 Å². The van der Waals surface area contributed by atoms with Crippen molar-refractivity contribution >= 4 is 17.7 Å². The number of nitrogens with zero attached hydrogens (tertiary/aromatic N) is 1. The molecule has 1 heterocycles. The largest absolute Gasteiger partial charge is 0.337 e. The third kappa shape index (κ3) is 3.01. The molecule has 1 aliphatic heterocycles. The first-order chi connectivity index (χ1) is 10.5. The van der Waals surface area contributed by atoms with Crippen molar-refractivity contribution in [2.75, 3.05) is 11.5 Å². The molecule has 1 saturated carbocycles. The number of carbonyl (C=O) groups excluding carboxylic acids is 1. The third-order valence-electron chi connectivity index (χ3n) is 4.76. The number of benzene rings is 1. The molecule has 0 bridgehead atoms. The van der Waals surface area contributed by atoms with Crippen LogP contribution in [0.25, 0.3) is 0 Å². The number of carbonyl (C=O) groups is 1. The Morgan fingerprint density at radius 1 is 1.41 bits per heavy atom. The van der Waals surface area contributed by atoms with Gasteiger partial charge < -0.3 is 5.32 Å². The van der Waals surface area contributed by atoms with Gasteiger partial charge in [0.1, 0.15) is 5.54 Å². The minimum absolute atomic E-state index is 0.0423. The van der Waals surface area contributed by atoms with E-state index in [4.69, 9.17) is 0 Å². The number of amides is 1. The van der Waals surface area contributed by atoms with E-state index in [1.165, 1.54) is 11.1 Å². The molecule has 0 spiro atoms. The van der Waals surface area contributed by atoms with Gasteiger partial charge in [-0.2, -0.15) is 17.0 Å². The SMILES string of the molecule is CC(C)c1ccc([C@@H]2C[C@@H]2C(=O)N[C@]2(C#N)CCSC2)cc1. The van der Waals surface area contributed by atoms with Crippen molar-refractivity contribution < 1.29 is 4.79 Å². The molecular formula is C18H22N2OS. The molecule has 116 valence electrons. The number of rotatable bonds is 4. The van der Waals surface area contributed by atoms with Crippen LogP contribution >= 0.6 is 11.8 Å². The summed E-state index contributed by atoms with van der Waals surface area (Å²) in [6.45, 7) is 4.37. The number of nitrogens with one attached hydrogen (secondary N) is 1. The highest BCUT2D eigenvalue weighted by molar-refractivity contribution is 7.99. The van der Waals surface area contributed by atoms with Crippen LogP contribution in [0, 0.1) is 17.2 Å². The van der Waals surface area contributed by atoms with Gasteiger partial charge in [0.2, 0.25) is 5.91 Å². The van der Waals surface area contributed by atoms with Crippen LogP contribution in [0.4, 0.5) is 0 Å². The van der Waals surface area contributed by atoms with E-state index in [0.717, 1.165) is 24.3 Å². The molecule has 2 aliphatic rings. The molecule has 3 rings (SSSR count). The van der Waals surface area contributed by atoms with E-state index >= 15 is 0 Å². The maximum absolute atomic E-state index is 12.4. The summed E-state index contributed by atoms with van der Waals surface area (Å²) in [6.07, 6.45) is 1.67. The van der Waals surface area contributed by atoms with Gasteiger partial charge >= 0.3 is 0 Å². The lowest BCUT2D eigenvalue weighted by molar-refractivity contribution is -0.123. The van der Waals surface area contributed by atoms with Gasteiger partial charge in [0.15, 0.2) is 0 Å². The van der Waals surface area contributed by atoms with Gasteiger partial charge in [-0.25, -0.2) is 0 Å². The molecule has 1 saturated heterocycles. The number of thioether (sulfide) groups is 1. The average molecular weight is 314 g/mol. The zero-order valence-electron chi connectivity index (χ0n) is 13.1. The molecule has 3 nitrogen and oxygen atoms in total. The highest BCUT2D eigenvalue weighted by Gasteiger charge is 2.47. The maximum atomic E-state index is 12.4. The van der Waals surface area contributed by atoms with Crippen molar-refractivity contribution in [1.29, 1.82) is 5.26 Å². The highest BCUT2D eigenvalue weighted by Crippen LogP contribution is 2.48. The molecule has 1 amide bonds. The molecule has 0 radical (unpaired) electrons. The molecular weight excluding hydrogens is 292 g/mol. The molecule has 4 heteroatoms. The zero-order valence-corrected chi connectivity index (χ0v) is 14.0. The molecule has 0 unspecified atom stereocenters. The van der Waals surface area contributed by atoms with Gasteiger partial charge in [0, 0.05) is 11.7 Å². The molecule has 1 N–H and O–H groups in total. The first kappa shape index (κ1) is 15.4. The van der Waals surface area contributed by atoms with E-state index in [2.05, 4.69) is 49.5 Å². The number of hydrogen-bond donors (Lipinski definition) is 1. The lowest BCUT2D eigenvalue weighted by atomic mass is 9.99. The Labute approximate surface area is 136 Å². The van der Waals surface area contributed by atoms with Crippen molar-refractivity contribution in [1.82, 2.24) is 5.32 Å². The van der Waals surface area contributed by atoms with E-state index in [1.807, 2.05) is 0 Å². The first-order valence-electron chi connectivity index (χ1n) is 7.95. The molecule has 2 fully saturated rings. The Balaban J connectivity index is 1.62. The van der Waals surface area contributed by atoms with Crippen molar-refractivity contribution in [3.05, 3.63) is 35.4 Å². The summed E-state index contributed by atoms with van der Waals surface area (Å²) in [4.78, 5) is 12.4. The fourth-order valence-corrected chi connectivity index (χ4v) is 4.36. The summed E-state index contributed by atoms with van der Waals surface area (Å²) < 4.78 is 0. The van der Waals surface area contributed by atoms with Crippen LogP contribution in [-0.4, -0.2) is 23.0 Å². The average Bonchev–Trinajstić information content (AvgIpc) is 3.20. The second kappa shape index (κ2) is 5.96. The summed E-state index contributed by atoms with van der Waals surface area (Å²) >= 11 is 1.74. The quantitative estimate of drug-likeness (QED) is 0.926. The minimum atomic E-state index is -0.629. The van der Waals surface area contributed by atoms with Crippen LogP contribution in [0.5, 0.6) is 0 Å². The van der Waals surface area contributed by atoms with Crippen LogP contribution in [0.1, 0.15) is 49.7 Å². The molecule has 1 aliphatic carbocycles. The Hall–Kier alpha value is -1.47. The van der Waals surface area contributed by atoms with Gasteiger partial charge in [0.25, 0.3) is 0 Å². The Morgan fingerprint density at radius 3 is 2.68 bits per heavy atom. The summed E-state index contributed by atoms with van der Waals surface area (Å²) in [5, 5.41) is 12.4. The van der Waals surface area contributed by atoms with E-state index < -0.39 is 5.54 Å². The third-order valence-corrected chi connectivity index (χ3v) is 5.95. The summed E-state index contributed by atoms with van der Waals surface area (Å²) in [5.41, 5.74) is 1.95. The van der Waals surface area contributed by atoms with E-state index in [9.17, 15) is 10.1 Å². The van der Waals surface area contributed by atoms with Crippen molar-refractivity contribution in [2.45, 2.75) is 44.1 Å². The van der Waals surface area contributed by atoms with E-state index in [0.29, 0.717) is 11.8 Å². The molecule has 1 aromatic carbocycles. The lowest BCUT2D eigenvalue weighted by Crippen LogP contribution is -2.48. The van der Waals surface area contributed by atoms with Crippen LogP contribution < -0.4 is 5.32 Å². The smallest absolute Gasteiger partial charge is 0.225 e. The monoisotopic (exact) mass is 314 g/mol. The standard InChI is InChI=1S/C18H22N2OS/c1-12(2)13-3-5-14(6-4-13)15-9-16(15)17(21)20-18(10-19)7-8-22-11-18/h3-6,12,15-16H,7-9,11H2,1-2H3,(H,20,21)/t15-,16-,18-/m0/s1. The molecule has 3 atom stereocenters. The van der Waals surface area contributed by atoms with Gasteiger partial charge in [-0.15, -0.1) is 0 Å². The highest BCUT2D eigenvalue weighted by atomic mass is 32.2. The van der Waals surface area contributed by atoms with Crippen LogP contribution in [0.2, 0.25) is 0 Å². The fraction of sp³-hybridized carbons (Fsp3) is 0.556. The molecule has 0 aromatic heterocycles. The first-order valence-corrected chi connectivity index (χ1v) is 9.11. The Bertz CT molecular complexity index is 597. The predicted molar refractivity (Wildman–Crippen MR) is 89.8 cm³/mol. The van der Waals surface area contributed by atoms with Crippen LogP contribution in [0.15, 0.2) is 24.3 Å². The summed E-state index contributed by atoms with van der Waals surface area (Å²) in [7, 11) is 0. The van der Waals surface area contributed by atoms with Crippen molar-refractivity contribution in [2.24, 2.45) is 5.92 Å². The van der Waals surface area contributed by atoms with Gasteiger partial charge in [0.05, 0.1) is 6.07 Å². The zero-order chi connectivity index (χ0) is 15.7. The molecule has 22 heavy (non-hydrogen) atoms. The van der Waals surface area contributed by atoms with Gasteiger partial charge in [-0.1, -0.05) is 38.1 Å². The lowest BCUT2D eigenvalue weighted by Gasteiger charge is -2.21. The Kier molecular flexibility index (Phi) is 4.18.